The Hall–Kier alpha value is -2.29. The molecule has 1 saturated carbocycles. The maximum absolute atomic E-state index is 11.5. The molecule has 144 valence electrons. The Kier molecular flexibility index (Phi) is 6.20. The summed E-state index contributed by atoms with van der Waals surface area (Å²) in [5.41, 5.74) is 2.68. The van der Waals surface area contributed by atoms with E-state index < -0.39 is 0 Å². The van der Waals surface area contributed by atoms with Gasteiger partial charge in [0, 0.05) is 11.8 Å². The summed E-state index contributed by atoms with van der Waals surface area (Å²) in [7, 11) is 0. The summed E-state index contributed by atoms with van der Waals surface area (Å²) in [6.45, 7) is 5.90. The zero-order valence-electron chi connectivity index (χ0n) is 16.7. The van der Waals surface area contributed by atoms with Crippen LogP contribution >= 0.6 is 0 Å². The van der Waals surface area contributed by atoms with Gasteiger partial charge in [-0.15, -0.1) is 0 Å². The van der Waals surface area contributed by atoms with Crippen LogP contribution in [0.25, 0.3) is 0 Å². The van der Waals surface area contributed by atoms with Gasteiger partial charge >= 0.3 is 5.97 Å². The Bertz CT molecular complexity index is 738. The number of benzene rings is 2. The van der Waals surface area contributed by atoms with Crippen molar-refractivity contribution >= 4 is 5.97 Å². The maximum atomic E-state index is 11.5. The van der Waals surface area contributed by atoms with Crippen LogP contribution in [0, 0.1) is 0 Å². The number of rotatable bonds is 6. The number of ether oxygens (including phenoxy) is 2. The van der Waals surface area contributed by atoms with Crippen LogP contribution in [0.1, 0.15) is 70.4 Å². The van der Waals surface area contributed by atoms with Crippen LogP contribution in [0.5, 0.6) is 11.5 Å². The fourth-order valence-electron chi connectivity index (χ4n) is 4.07. The van der Waals surface area contributed by atoms with E-state index in [1.807, 2.05) is 26.0 Å². The van der Waals surface area contributed by atoms with E-state index in [1.165, 1.54) is 30.4 Å². The molecule has 2 aromatic rings. The van der Waals surface area contributed by atoms with E-state index in [1.54, 1.807) is 6.92 Å². The smallest absolute Gasteiger partial charge is 0.310 e. The van der Waals surface area contributed by atoms with Crippen molar-refractivity contribution in [1.29, 1.82) is 0 Å². The van der Waals surface area contributed by atoms with Gasteiger partial charge in [-0.2, -0.15) is 0 Å². The van der Waals surface area contributed by atoms with Crippen LogP contribution in [0.2, 0.25) is 0 Å². The lowest BCUT2D eigenvalue weighted by Gasteiger charge is -2.38. The third-order valence-electron chi connectivity index (χ3n) is 5.41. The number of hydrogen-bond donors (Lipinski definition) is 0. The fourth-order valence-corrected chi connectivity index (χ4v) is 4.07. The van der Waals surface area contributed by atoms with Crippen LogP contribution in [0.15, 0.2) is 48.5 Å². The molecular weight excluding hydrogens is 336 g/mol. The van der Waals surface area contributed by atoms with Gasteiger partial charge in [0.05, 0.1) is 6.10 Å². The van der Waals surface area contributed by atoms with Crippen LogP contribution in [0.3, 0.4) is 0 Å². The summed E-state index contributed by atoms with van der Waals surface area (Å²) in [5.74, 6) is 1.34. The third kappa shape index (κ3) is 4.52. The minimum absolute atomic E-state index is 0.0297. The molecular formula is C24H30O3. The van der Waals surface area contributed by atoms with Crippen molar-refractivity contribution in [2.24, 2.45) is 0 Å². The van der Waals surface area contributed by atoms with Gasteiger partial charge in [0.15, 0.2) is 0 Å². The molecule has 0 spiro atoms. The van der Waals surface area contributed by atoms with Gasteiger partial charge in [-0.25, -0.2) is 0 Å². The standard InChI is InChI=1S/C24H30O3/c1-4-23(25)27-22-14-10-20(11-15-22)24(16-6-5-7-17-24)19-8-12-21(13-9-19)26-18(2)3/h8-15,18H,4-7,16-17H2,1-3H3. The molecule has 1 fully saturated rings. The molecule has 3 nitrogen and oxygen atoms in total. The molecule has 0 unspecified atom stereocenters. The Morgan fingerprint density at radius 2 is 1.41 bits per heavy atom. The first-order valence-electron chi connectivity index (χ1n) is 10.1. The second-order valence-corrected chi connectivity index (χ2v) is 7.69. The van der Waals surface area contributed by atoms with Crippen LogP contribution in [-0.4, -0.2) is 12.1 Å². The Balaban J connectivity index is 1.89. The first-order valence-corrected chi connectivity index (χ1v) is 10.1. The Morgan fingerprint density at radius 3 is 1.89 bits per heavy atom. The van der Waals surface area contributed by atoms with Gasteiger partial charge in [0.1, 0.15) is 11.5 Å². The van der Waals surface area contributed by atoms with E-state index in [4.69, 9.17) is 9.47 Å². The molecule has 0 heterocycles. The van der Waals surface area contributed by atoms with Crippen LogP contribution in [-0.2, 0) is 10.2 Å². The first-order chi connectivity index (χ1) is 13.0. The highest BCUT2D eigenvalue weighted by atomic mass is 16.5. The Morgan fingerprint density at radius 1 is 0.889 bits per heavy atom. The molecule has 0 N–H and O–H groups in total. The monoisotopic (exact) mass is 366 g/mol. The number of esters is 1. The van der Waals surface area contributed by atoms with Gasteiger partial charge in [-0.3, -0.25) is 4.79 Å². The molecule has 0 bridgehead atoms. The number of carbonyl (C=O) groups is 1. The van der Waals surface area contributed by atoms with E-state index in [0.717, 1.165) is 18.6 Å². The Labute approximate surface area is 162 Å². The molecule has 1 aliphatic rings. The molecule has 0 saturated heterocycles. The summed E-state index contributed by atoms with van der Waals surface area (Å²) in [6.07, 6.45) is 6.61. The van der Waals surface area contributed by atoms with E-state index >= 15 is 0 Å². The second kappa shape index (κ2) is 8.60. The minimum Gasteiger partial charge on any atom is -0.491 e. The molecule has 3 heteroatoms. The highest BCUT2D eigenvalue weighted by Crippen LogP contribution is 2.45. The second-order valence-electron chi connectivity index (χ2n) is 7.69. The predicted octanol–water partition coefficient (Wildman–Crippen LogP) is 6.04. The maximum Gasteiger partial charge on any atom is 0.310 e. The molecule has 0 aromatic heterocycles. The van der Waals surface area contributed by atoms with Crippen molar-refractivity contribution < 1.29 is 14.3 Å². The summed E-state index contributed by atoms with van der Waals surface area (Å²) in [6, 6.07) is 16.7. The quantitative estimate of drug-likeness (QED) is 0.462. The lowest BCUT2D eigenvalue weighted by atomic mass is 9.65. The topological polar surface area (TPSA) is 35.5 Å². The number of hydrogen-bond acceptors (Lipinski definition) is 3. The molecule has 1 aliphatic carbocycles. The minimum atomic E-state index is -0.198. The largest absolute Gasteiger partial charge is 0.491 e. The summed E-state index contributed by atoms with van der Waals surface area (Å²) in [5, 5.41) is 0. The van der Waals surface area contributed by atoms with E-state index in [0.29, 0.717) is 12.2 Å². The van der Waals surface area contributed by atoms with Crippen molar-refractivity contribution in [1.82, 2.24) is 0 Å². The van der Waals surface area contributed by atoms with Crippen LogP contribution in [0.4, 0.5) is 0 Å². The first kappa shape index (κ1) is 19.5. The van der Waals surface area contributed by atoms with Gasteiger partial charge in [-0.05, 0) is 62.1 Å². The average molecular weight is 367 g/mol. The van der Waals surface area contributed by atoms with Crippen molar-refractivity contribution in [3.8, 4) is 11.5 Å². The molecule has 2 aromatic carbocycles. The lowest BCUT2D eigenvalue weighted by molar-refractivity contribution is -0.134. The SMILES string of the molecule is CCC(=O)Oc1ccc(C2(c3ccc(OC(C)C)cc3)CCCCC2)cc1. The zero-order chi connectivity index (χ0) is 19.3. The molecule has 0 amide bonds. The van der Waals surface area contributed by atoms with Crippen molar-refractivity contribution in [3.05, 3.63) is 59.7 Å². The highest BCUT2D eigenvalue weighted by Gasteiger charge is 2.35. The molecule has 3 rings (SSSR count). The summed E-state index contributed by atoms with van der Waals surface area (Å²) < 4.78 is 11.2. The molecule has 0 atom stereocenters. The lowest BCUT2D eigenvalue weighted by Crippen LogP contribution is -2.30. The molecule has 27 heavy (non-hydrogen) atoms. The predicted molar refractivity (Wildman–Crippen MR) is 108 cm³/mol. The summed E-state index contributed by atoms with van der Waals surface area (Å²) in [4.78, 5) is 11.5. The third-order valence-corrected chi connectivity index (χ3v) is 5.41. The number of carbonyl (C=O) groups excluding carboxylic acids is 1. The van der Waals surface area contributed by atoms with E-state index in [2.05, 4.69) is 36.4 Å². The highest BCUT2D eigenvalue weighted by molar-refractivity contribution is 5.71. The van der Waals surface area contributed by atoms with E-state index in [-0.39, 0.29) is 17.5 Å². The van der Waals surface area contributed by atoms with Gasteiger partial charge in [-0.1, -0.05) is 50.5 Å². The molecule has 0 radical (unpaired) electrons. The van der Waals surface area contributed by atoms with Gasteiger partial charge in [0.25, 0.3) is 0 Å². The van der Waals surface area contributed by atoms with Crippen molar-refractivity contribution in [2.45, 2.75) is 70.8 Å². The molecule has 0 aliphatic heterocycles. The zero-order valence-corrected chi connectivity index (χ0v) is 16.7. The average Bonchev–Trinajstić information content (AvgIpc) is 2.69. The van der Waals surface area contributed by atoms with Crippen molar-refractivity contribution in [3.63, 3.8) is 0 Å². The normalized spacial score (nSPS) is 16.1. The van der Waals surface area contributed by atoms with Gasteiger partial charge in [0.2, 0.25) is 0 Å². The van der Waals surface area contributed by atoms with Crippen LogP contribution < -0.4 is 9.47 Å². The summed E-state index contributed by atoms with van der Waals surface area (Å²) >= 11 is 0. The van der Waals surface area contributed by atoms with Gasteiger partial charge < -0.3 is 9.47 Å². The van der Waals surface area contributed by atoms with Crippen molar-refractivity contribution in [2.75, 3.05) is 0 Å². The van der Waals surface area contributed by atoms with E-state index in [9.17, 15) is 4.79 Å². The fraction of sp³-hybridized carbons (Fsp3) is 0.458.